The molecular weight excluding hydrogens is 466 g/mol. The van der Waals surface area contributed by atoms with E-state index in [4.69, 9.17) is 11.6 Å². The van der Waals surface area contributed by atoms with Crippen LogP contribution in [0.25, 0.3) is 21.8 Å². The number of halogens is 1. The SMILES string of the molecule is CS(=O)(=O)Nc1cc(C(O)CNCCSc2ccc3c(c2)[nH]c2ccccc23)ccc1Cl. The molecule has 0 bridgehead atoms. The summed E-state index contributed by atoms with van der Waals surface area (Å²) in [5.74, 6) is 0.847. The fourth-order valence-electron chi connectivity index (χ4n) is 3.55. The molecule has 1 heterocycles. The standard InChI is InChI=1S/C23H24ClN3O3S2/c1-32(29,30)27-22-12-15(6-9-19(22)24)23(28)14-25-10-11-31-16-7-8-18-17-4-2-3-5-20(17)26-21(18)13-16/h2-9,12-13,23,25-28H,10-11,14H2,1H3. The van der Waals surface area contributed by atoms with Crippen molar-refractivity contribution in [2.24, 2.45) is 0 Å². The largest absolute Gasteiger partial charge is 0.387 e. The van der Waals surface area contributed by atoms with Crippen LogP contribution in [0, 0.1) is 0 Å². The summed E-state index contributed by atoms with van der Waals surface area (Å²) in [6.07, 6.45) is 0.279. The van der Waals surface area contributed by atoms with Crippen molar-refractivity contribution >= 4 is 60.9 Å². The lowest BCUT2D eigenvalue weighted by Crippen LogP contribution is -2.24. The molecule has 0 radical (unpaired) electrons. The first-order valence-electron chi connectivity index (χ1n) is 10.1. The van der Waals surface area contributed by atoms with E-state index in [2.05, 4.69) is 45.4 Å². The van der Waals surface area contributed by atoms with Crippen molar-refractivity contribution in [3.8, 4) is 0 Å². The number of hydrogen-bond acceptors (Lipinski definition) is 5. The van der Waals surface area contributed by atoms with Crippen LogP contribution in [0.15, 0.2) is 65.6 Å². The second-order valence-corrected chi connectivity index (χ2v) is 10.9. The molecule has 0 aliphatic rings. The van der Waals surface area contributed by atoms with Gasteiger partial charge in [0.05, 0.1) is 23.1 Å². The number of para-hydroxylation sites is 1. The average molecular weight is 490 g/mol. The summed E-state index contributed by atoms with van der Waals surface area (Å²) in [5, 5.41) is 16.4. The van der Waals surface area contributed by atoms with Crippen LogP contribution in [0.1, 0.15) is 11.7 Å². The topological polar surface area (TPSA) is 94.2 Å². The Morgan fingerprint density at radius 2 is 1.84 bits per heavy atom. The molecule has 0 fully saturated rings. The van der Waals surface area contributed by atoms with Gasteiger partial charge in [0.25, 0.3) is 0 Å². The van der Waals surface area contributed by atoms with Gasteiger partial charge in [-0.05, 0) is 35.9 Å². The molecule has 1 atom stereocenters. The lowest BCUT2D eigenvalue weighted by Gasteiger charge is -2.15. The summed E-state index contributed by atoms with van der Waals surface area (Å²) in [6.45, 7) is 1.07. The molecule has 4 rings (SSSR count). The molecule has 4 aromatic rings. The van der Waals surface area contributed by atoms with Crippen molar-refractivity contribution in [3.05, 3.63) is 71.2 Å². The van der Waals surface area contributed by atoms with E-state index < -0.39 is 16.1 Å². The summed E-state index contributed by atoms with van der Waals surface area (Å²) in [4.78, 5) is 4.64. The van der Waals surface area contributed by atoms with Crippen molar-refractivity contribution in [1.29, 1.82) is 0 Å². The highest BCUT2D eigenvalue weighted by molar-refractivity contribution is 7.99. The van der Waals surface area contributed by atoms with Gasteiger partial charge in [-0.15, -0.1) is 11.8 Å². The van der Waals surface area contributed by atoms with E-state index >= 15 is 0 Å². The van der Waals surface area contributed by atoms with Crippen molar-refractivity contribution in [2.75, 3.05) is 29.8 Å². The first-order valence-corrected chi connectivity index (χ1v) is 13.3. The third kappa shape index (κ3) is 5.57. The molecule has 0 saturated carbocycles. The fourth-order valence-corrected chi connectivity index (χ4v) is 5.19. The number of rotatable bonds is 9. The summed E-state index contributed by atoms with van der Waals surface area (Å²) in [7, 11) is -3.45. The summed E-state index contributed by atoms with van der Waals surface area (Å²) in [6, 6.07) is 19.5. The highest BCUT2D eigenvalue weighted by Gasteiger charge is 2.12. The van der Waals surface area contributed by atoms with Crippen LogP contribution < -0.4 is 10.0 Å². The zero-order valence-corrected chi connectivity index (χ0v) is 19.8. The Hall–Kier alpha value is -2.23. The predicted octanol–water partition coefficient (Wildman–Crippen LogP) is 4.76. The number of fused-ring (bicyclic) bond motifs is 3. The van der Waals surface area contributed by atoms with Gasteiger partial charge in [0.15, 0.2) is 0 Å². The van der Waals surface area contributed by atoms with Gasteiger partial charge in [0.2, 0.25) is 10.0 Å². The molecule has 3 aromatic carbocycles. The normalized spacial score (nSPS) is 13.0. The van der Waals surface area contributed by atoms with E-state index in [0.717, 1.165) is 23.0 Å². The van der Waals surface area contributed by atoms with E-state index in [-0.39, 0.29) is 10.7 Å². The second kappa shape index (κ2) is 9.72. The number of sulfonamides is 1. The van der Waals surface area contributed by atoms with Crippen LogP contribution in [0.3, 0.4) is 0 Å². The number of aliphatic hydroxyl groups is 1. The molecule has 0 aliphatic heterocycles. The number of anilines is 1. The summed E-state index contributed by atoms with van der Waals surface area (Å²) in [5.41, 5.74) is 3.11. The van der Waals surface area contributed by atoms with E-state index in [1.807, 2.05) is 12.1 Å². The van der Waals surface area contributed by atoms with Crippen LogP contribution in [-0.4, -0.2) is 43.6 Å². The molecule has 0 spiro atoms. The van der Waals surface area contributed by atoms with Gasteiger partial charge in [0.1, 0.15) is 0 Å². The maximum atomic E-state index is 11.5. The van der Waals surface area contributed by atoms with Gasteiger partial charge in [-0.3, -0.25) is 4.72 Å². The van der Waals surface area contributed by atoms with Crippen LogP contribution in [0.5, 0.6) is 0 Å². The molecule has 4 N–H and O–H groups in total. The minimum Gasteiger partial charge on any atom is -0.387 e. The number of H-pyrrole nitrogens is 1. The van der Waals surface area contributed by atoms with Gasteiger partial charge in [0, 0.05) is 45.5 Å². The number of benzene rings is 3. The maximum Gasteiger partial charge on any atom is 0.229 e. The van der Waals surface area contributed by atoms with Crippen molar-refractivity contribution in [2.45, 2.75) is 11.0 Å². The van der Waals surface area contributed by atoms with Gasteiger partial charge in [-0.25, -0.2) is 8.42 Å². The number of nitrogens with one attached hydrogen (secondary N) is 3. The monoisotopic (exact) mass is 489 g/mol. The Balaban J connectivity index is 1.29. The third-order valence-corrected chi connectivity index (χ3v) is 6.95. The number of thioether (sulfide) groups is 1. The lowest BCUT2D eigenvalue weighted by atomic mass is 10.1. The van der Waals surface area contributed by atoms with Crippen LogP contribution in [0.4, 0.5) is 5.69 Å². The van der Waals surface area contributed by atoms with Gasteiger partial charge >= 0.3 is 0 Å². The fraction of sp³-hybridized carbons (Fsp3) is 0.217. The minimum atomic E-state index is -3.45. The van der Waals surface area contributed by atoms with Crippen LogP contribution >= 0.6 is 23.4 Å². The minimum absolute atomic E-state index is 0.258. The molecular formula is C23H24ClN3O3S2. The molecule has 0 amide bonds. The van der Waals surface area contributed by atoms with Gasteiger partial charge in [-0.1, -0.05) is 41.9 Å². The Morgan fingerprint density at radius 1 is 1.06 bits per heavy atom. The molecule has 9 heteroatoms. The predicted molar refractivity (Wildman–Crippen MR) is 134 cm³/mol. The van der Waals surface area contributed by atoms with E-state index in [9.17, 15) is 13.5 Å². The Bertz CT molecular complexity index is 1360. The van der Waals surface area contributed by atoms with Crippen molar-refractivity contribution in [3.63, 3.8) is 0 Å². The van der Waals surface area contributed by atoms with E-state index in [0.29, 0.717) is 18.7 Å². The number of aromatic nitrogens is 1. The Labute approximate surface area is 196 Å². The zero-order chi connectivity index (χ0) is 22.7. The van der Waals surface area contributed by atoms with E-state index in [1.165, 1.54) is 15.7 Å². The molecule has 0 saturated heterocycles. The molecule has 32 heavy (non-hydrogen) atoms. The first-order chi connectivity index (χ1) is 15.3. The molecule has 1 unspecified atom stereocenters. The third-order valence-electron chi connectivity index (χ3n) is 5.03. The highest BCUT2D eigenvalue weighted by atomic mass is 35.5. The molecule has 168 valence electrons. The molecule has 1 aromatic heterocycles. The van der Waals surface area contributed by atoms with E-state index in [1.54, 1.807) is 30.0 Å². The average Bonchev–Trinajstić information content (AvgIpc) is 3.11. The zero-order valence-electron chi connectivity index (χ0n) is 17.4. The molecule has 0 aliphatic carbocycles. The number of aromatic amines is 1. The van der Waals surface area contributed by atoms with Gasteiger partial charge < -0.3 is 15.4 Å². The maximum absolute atomic E-state index is 11.5. The number of hydrogen-bond donors (Lipinski definition) is 4. The Morgan fingerprint density at radius 3 is 2.66 bits per heavy atom. The first kappa shape index (κ1) is 22.9. The second-order valence-electron chi connectivity index (χ2n) is 7.56. The Kier molecular flexibility index (Phi) is 6.97. The van der Waals surface area contributed by atoms with Gasteiger partial charge in [-0.2, -0.15) is 0 Å². The highest BCUT2D eigenvalue weighted by Crippen LogP contribution is 2.29. The molecule has 6 nitrogen and oxygen atoms in total. The van der Waals surface area contributed by atoms with Crippen molar-refractivity contribution < 1.29 is 13.5 Å². The lowest BCUT2D eigenvalue weighted by molar-refractivity contribution is 0.176. The number of aliphatic hydroxyl groups excluding tert-OH is 1. The smallest absolute Gasteiger partial charge is 0.229 e. The summed E-state index contributed by atoms with van der Waals surface area (Å²) < 4.78 is 25.3. The van der Waals surface area contributed by atoms with Crippen molar-refractivity contribution in [1.82, 2.24) is 10.3 Å². The van der Waals surface area contributed by atoms with Crippen LogP contribution in [-0.2, 0) is 10.0 Å². The van der Waals surface area contributed by atoms with Crippen LogP contribution in [0.2, 0.25) is 5.02 Å². The quantitative estimate of drug-likeness (QED) is 0.201. The summed E-state index contributed by atoms with van der Waals surface area (Å²) >= 11 is 7.79.